The van der Waals surface area contributed by atoms with E-state index in [4.69, 9.17) is 14.7 Å². The lowest BCUT2D eigenvalue weighted by Gasteiger charge is -2.28. The van der Waals surface area contributed by atoms with Gasteiger partial charge in [0.15, 0.2) is 0 Å². The predicted octanol–water partition coefficient (Wildman–Crippen LogP) is 2.71. The van der Waals surface area contributed by atoms with E-state index >= 15 is 0 Å². The molecule has 2 N–H and O–H groups in total. The second-order valence-electron chi connectivity index (χ2n) is 9.18. The van der Waals surface area contributed by atoms with Gasteiger partial charge in [-0.3, -0.25) is 4.98 Å². The summed E-state index contributed by atoms with van der Waals surface area (Å²) in [6.45, 7) is 5.79. The molecule has 0 unspecified atom stereocenters. The molecule has 0 amide bonds. The fourth-order valence-corrected chi connectivity index (χ4v) is 5.34. The molecule has 1 aliphatic heterocycles. The van der Waals surface area contributed by atoms with Gasteiger partial charge in [-0.2, -0.15) is 0 Å². The van der Waals surface area contributed by atoms with E-state index in [2.05, 4.69) is 20.2 Å². The second kappa shape index (κ2) is 10.5. The quantitative estimate of drug-likeness (QED) is 0.364. The Kier molecular flexibility index (Phi) is 7.20. The van der Waals surface area contributed by atoms with E-state index in [1.165, 1.54) is 18.4 Å². The molecule has 37 heavy (non-hydrogen) atoms. The first-order chi connectivity index (χ1) is 17.8. The first-order valence-corrected chi connectivity index (χ1v) is 13.6. The number of hydrogen-bond donors (Lipinski definition) is 2. The Morgan fingerprint density at radius 2 is 1.92 bits per heavy atom. The van der Waals surface area contributed by atoms with Crippen molar-refractivity contribution in [2.75, 3.05) is 45.3 Å². The minimum atomic E-state index is -3.64. The number of H-pyrrole nitrogens is 1. The molecule has 0 spiro atoms. The number of pyridine rings is 1. The number of aromatic nitrogens is 4. The van der Waals surface area contributed by atoms with Gasteiger partial charge in [0.05, 0.1) is 30.3 Å². The van der Waals surface area contributed by atoms with Crippen molar-refractivity contribution in [3.05, 3.63) is 65.9 Å². The molecule has 10 nitrogen and oxygen atoms in total. The van der Waals surface area contributed by atoms with Crippen LogP contribution in [0.2, 0.25) is 0 Å². The van der Waals surface area contributed by atoms with Crippen molar-refractivity contribution in [1.29, 1.82) is 0 Å². The van der Waals surface area contributed by atoms with Gasteiger partial charge in [-0.1, -0.05) is 6.07 Å². The van der Waals surface area contributed by atoms with Crippen molar-refractivity contribution in [2.45, 2.75) is 24.9 Å². The molecule has 194 valence electrons. The van der Waals surface area contributed by atoms with Gasteiger partial charge in [-0.05, 0) is 36.8 Å². The fraction of sp³-hybridized carbons (Fsp3) is 0.346. The Hall–Kier alpha value is -3.38. The van der Waals surface area contributed by atoms with Crippen LogP contribution in [0.15, 0.2) is 53.7 Å². The molecular formula is C26H31N7O3S. The van der Waals surface area contributed by atoms with Crippen LogP contribution in [0, 0.1) is 6.92 Å². The van der Waals surface area contributed by atoms with Crippen LogP contribution in [-0.4, -0.2) is 73.1 Å². The van der Waals surface area contributed by atoms with Gasteiger partial charge in [0, 0.05) is 74.3 Å². The Labute approximate surface area is 216 Å². The molecule has 0 aliphatic carbocycles. The minimum absolute atomic E-state index is 0.209. The summed E-state index contributed by atoms with van der Waals surface area (Å²) < 4.78 is 32.8. The highest BCUT2D eigenvalue weighted by atomic mass is 32.2. The number of sulfonamides is 1. The van der Waals surface area contributed by atoms with Gasteiger partial charge in [0.2, 0.25) is 10.0 Å². The number of anilines is 1. The zero-order chi connectivity index (χ0) is 26.0. The lowest BCUT2D eigenvalue weighted by atomic mass is 10.1. The summed E-state index contributed by atoms with van der Waals surface area (Å²) >= 11 is 0. The molecule has 4 aromatic rings. The Morgan fingerprint density at radius 1 is 1.11 bits per heavy atom. The highest BCUT2D eigenvalue weighted by molar-refractivity contribution is 7.89. The van der Waals surface area contributed by atoms with E-state index in [1.807, 2.05) is 37.4 Å². The number of nitrogens with one attached hydrogen (secondary N) is 2. The highest BCUT2D eigenvalue weighted by Gasteiger charge is 2.22. The third-order valence-electron chi connectivity index (χ3n) is 6.51. The Balaban J connectivity index is 1.56. The normalized spacial score (nSPS) is 14.5. The summed E-state index contributed by atoms with van der Waals surface area (Å²) in [6.07, 6.45) is 3.59. The van der Waals surface area contributed by atoms with E-state index in [0.717, 1.165) is 46.6 Å². The number of ether oxygens (including phenoxy) is 1. The fourth-order valence-electron chi connectivity index (χ4n) is 4.38. The van der Waals surface area contributed by atoms with Crippen molar-refractivity contribution in [2.24, 2.45) is 0 Å². The molecule has 11 heteroatoms. The number of fused-ring (bicyclic) bond motifs is 1. The lowest BCUT2D eigenvalue weighted by molar-refractivity contribution is 0.122. The molecule has 3 aromatic heterocycles. The second-order valence-corrected chi connectivity index (χ2v) is 11.3. The molecule has 0 saturated carbocycles. The molecule has 0 bridgehead atoms. The summed E-state index contributed by atoms with van der Waals surface area (Å²) in [7, 11) is -0.580. The molecule has 0 atom stereocenters. The molecular weight excluding hydrogens is 490 g/mol. The minimum Gasteiger partial charge on any atom is -0.378 e. The van der Waals surface area contributed by atoms with Crippen molar-refractivity contribution >= 4 is 26.7 Å². The first-order valence-electron chi connectivity index (χ1n) is 12.2. The van der Waals surface area contributed by atoms with Crippen LogP contribution in [0.3, 0.4) is 0 Å². The van der Waals surface area contributed by atoms with Gasteiger partial charge in [0.1, 0.15) is 11.6 Å². The first kappa shape index (κ1) is 25.3. The molecule has 0 radical (unpaired) electrons. The maximum absolute atomic E-state index is 13.0. The molecule has 1 aromatic carbocycles. The summed E-state index contributed by atoms with van der Waals surface area (Å²) in [5.74, 6) is 1.43. The van der Waals surface area contributed by atoms with Crippen LogP contribution in [0.4, 0.5) is 5.82 Å². The average Bonchev–Trinajstić information content (AvgIpc) is 3.38. The lowest BCUT2D eigenvalue weighted by Crippen LogP contribution is -2.37. The SMILES string of the molecule is Cc1ncccc1CNCc1nc(-c2cc(S(=O)(=O)N(C)C)cc3[nH]ccc23)cc(N2CCOCC2)n1. The summed E-state index contributed by atoms with van der Waals surface area (Å²) in [5.41, 5.74) is 4.23. The number of benzene rings is 1. The van der Waals surface area contributed by atoms with Crippen molar-refractivity contribution < 1.29 is 13.2 Å². The van der Waals surface area contributed by atoms with Crippen molar-refractivity contribution in [3.8, 4) is 11.3 Å². The Bertz CT molecular complexity index is 1510. The number of aromatic amines is 1. The van der Waals surface area contributed by atoms with E-state index in [1.54, 1.807) is 18.3 Å². The predicted molar refractivity (Wildman–Crippen MR) is 143 cm³/mol. The standard InChI is InChI=1S/C26H31N7O3S/c1-18-19(5-4-7-28-18)16-27-17-25-30-24(15-26(31-25)33-9-11-36-12-10-33)22-13-20(37(34,35)32(2)3)14-23-21(22)6-8-29-23/h4-8,13-15,27,29H,9-12,16-17H2,1-3H3. The number of rotatable bonds is 8. The van der Waals surface area contributed by atoms with Gasteiger partial charge >= 0.3 is 0 Å². The Morgan fingerprint density at radius 3 is 2.68 bits per heavy atom. The van der Waals surface area contributed by atoms with Crippen LogP contribution < -0.4 is 10.2 Å². The number of hydrogen-bond acceptors (Lipinski definition) is 8. The summed E-state index contributed by atoms with van der Waals surface area (Å²) in [6, 6.07) is 11.2. The monoisotopic (exact) mass is 521 g/mol. The van der Waals surface area contributed by atoms with Crippen LogP contribution in [-0.2, 0) is 27.8 Å². The highest BCUT2D eigenvalue weighted by Crippen LogP contribution is 2.32. The average molecular weight is 522 g/mol. The van der Waals surface area contributed by atoms with Crippen LogP contribution in [0.1, 0.15) is 17.1 Å². The van der Waals surface area contributed by atoms with Crippen molar-refractivity contribution in [3.63, 3.8) is 0 Å². The smallest absolute Gasteiger partial charge is 0.242 e. The van der Waals surface area contributed by atoms with Gasteiger partial charge in [0.25, 0.3) is 0 Å². The van der Waals surface area contributed by atoms with E-state index in [9.17, 15) is 8.42 Å². The molecule has 4 heterocycles. The third-order valence-corrected chi connectivity index (χ3v) is 8.30. The van der Waals surface area contributed by atoms with E-state index < -0.39 is 10.0 Å². The number of aryl methyl sites for hydroxylation is 1. The topological polar surface area (TPSA) is 116 Å². The van der Waals surface area contributed by atoms with E-state index in [0.29, 0.717) is 37.8 Å². The molecule has 1 fully saturated rings. The van der Waals surface area contributed by atoms with Gasteiger partial charge < -0.3 is 19.9 Å². The van der Waals surface area contributed by atoms with Crippen LogP contribution >= 0.6 is 0 Å². The molecule has 5 rings (SSSR count). The maximum atomic E-state index is 13.0. The zero-order valence-electron chi connectivity index (χ0n) is 21.2. The van der Waals surface area contributed by atoms with Crippen molar-refractivity contribution in [1.82, 2.24) is 29.6 Å². The van der Waals surface area contributed by atoms with Crippen LogP contribution in [0.25, 0.3) is 22.2 Å². The summed E-state index contributed by atoms with van der Waals surface area (Å²) in [4.78, 5) is 19.6. The van der Waals surface area contributed by atoms with Gasteiger partial charge in [-0.25, -0.2) is 22.7 Å². The molecule has 1 saturated heterocycles. The molecule has 1 aliphatic rings. The number of nitrogens with zero attached hydrogens (tertiary/aromatic N) is 5. The number of morpholine rings is 1. The summed E-state index contributed by atoms with van der Waals surface area (Å²) in [5, 5.41) is 4.33. The van der Waals surface area contributed by atoms with Crippen LogP contribution in [0.5, 0.6) is 0 Å². The largest absolute Gasteiger partial charge is 0.378 e. The maximum Gasteiger partial charge on any atom is 0.242 e. The zero-order valence-corrected chi connectivity index (χ0v) is 22.0. The third kappa shape index (κ3) is 5.35. The van der Waals surface area contributed by atoms with Gasteiger partial charge in [-0.15, -0.1) is 0 Å². The van der Waals surface area contributed by atoms with E-state index in [-0.39, 0.29) is 4.90 Å².